The third-order valence-electron chi connectivity index (χ3n) is 6.04. The van der Waals surface area contributed by atoms with Crippen LogP contribution in [0.2, 0.25) is 0 Å². The number of carbonyl (C=O) groups is 1. The first-order chi connectivity index (χ1) is 16.5. The van der Waals surface area contributed by atoms with Gasteiger partial charge in [-0.15, -0.1) is 0 Å². The number of hydrogen-bond donors (Lipinski definition) is 1. The average molecular weight is 496 g/mol. The van der Waals surface area contributed by atoms with Crippen LogP contribution in [0.1, 0.15) is 48.9 Å². The van der Waals surface area contributed by atoms with Crippen molar-refractivity contribution in [2.75, 3.05) is 11.4 Å². The van der Waals surface area contributed by atoms with Gasteiger partial charge in [0, 0.05) is 30.0 Å². The van der Waals surface area contributed by atoms with Crippen LogP contribution in [0.15, 0.2) is 58.6 Å². The molecule has 0 saturated carbocycles. The molecule has 0 radical (unpaired) electrons. The van der Waals surface area contributed by atoms with Crippen LogP contribution >= 0.6 is 0 Å². The molecule has 9 nitrogen and oxygen atoms in total. The summed E-state index contributed by atoms with van der Waals surface area (Å²) in [6.07, 6.45) is 2.26. The van der Waals surface area contributed by atoms with E-state index in [0.29, 0.717) is 18.2 Å². The number of amides is 1. The van der Waals surface area contributed by atoms with Crippen molar-refractivity contribution in [1.29, 1.82) is 0 Å². The van der Waals surface area contributed by atoms with E-state index in [9.17, 15) is 13.2 Å². The van der Waals surface area contributed by atoms with Crippen LogP contribution in [-0.2, 0) is 16.4 Å². The van der Waals surface area contributed by atoms with Crippen molar-refractivity contribution in [2.45, 2.75) is 56.2 Å². The molecule has 1 saturated heterocycles. The average Bonchev–Trinajstić information content (AvgIpc) is 3.09. The second-order valence-corrected chi connectivity index (χ2v) is 11.3. The Labute approximate surface area is 205 Å². The van der Waals surface area contributed by atoms with Gasteiger partial charge in [-0.1, -0.05) is 19.1 Å². The zero-order valence-electron chi connectivity index (χ0n) is 20.2. The van der Waals surface area contributed by atoms with Gasteiger partial charge in [-0.3, -0.25) is 9.78 Å². The molecule has 0 aromatic carbocycles. The molecule has 0 aliphatic carbocycles. The molecule has 2 N–H and O–H groups in total. The molecule has 1 atom stereocenters. The third kappa shape index (κ3) is 4.97. The van der Waals surface area contributed by atoms with Gasteiger partial charge >= 0.3 is 0 Å². The largest absolute Gasteiger partial charge is 0.471 e. The quantitative estimate of drug-likeness (QED) is 0.529. The van der Waals surface area contributed by atoms with Gasteiger partial charge in [0.2, 0.25) is 15.7 Å². The number of anilines is 1. The Morgan fingerprint density at radius 1 is 1.17 bits per heavy atom. The fraction of sp³-hybridized carbons (Fsp3) is 0.360. The van der Waals surface area contributed by atoms with Crippen molar-refractivity contribution < 1.29 is 17.9 Å². The highest BCUT2D eigenvalue weighted by molar-refractivity contribution is 7.91. The lowest BCUT2D eigenvalue weighted by Crippen LogP contribution is -2.40. The van der Waals surface area contributed by atoms with Gasteiger partial charge in [0.05, 0.1) is 10.6 Å². The highest BCUT2D eigenvalue weighted by Gasteiger charge is 2.40. The minimum Gasteiger partial charge on any atom is -0.471 e. The first-order valence-electron chi connectivity index (χ1n) is 11.3. The van der Waals surface area contributed by atoms with Crippen LogP contribution in [0.4, 0.5) is 5.82 Å². The van der Waals surface area contributed by atoms with Crippen LogP contribution in [0.3, 0.4) is 0 Å². The van der Waals surface area contributed by atoms with E-state index in [0.717, 1.165) is 12.1 Å². The molecule has 1 aliphatic rings. The lowest BCUT2D eigenvalue weighted by atomic mass is 9.97. The Balaban J connectivity index is 1.71. The number of rotatable bonds is 7. The molecule has 1 fully saturated rings. The summed E-state index contributed by atoms with van der Waals surface area (Å²) in [5.74, 6) is -0.115. The molecule has 4 rings (SSSR count). The van der Waals surface area contributed by atoms with Crippen molar-refractivity contribution in [3.05, 3.63) is 65.6 Å². The molecule has 4 heterocycles. The zero-order valence-corrected chi connectivity index (χ0v) is 21.0. The first kappa shape index (κ1) is 24.6. The highest BCUT2D eigenvalue weighted by atomic mass is 32.2. The molecular formula is C25H29N5O4S. The Kier molecular flexibility index (Phi) is 6.50. The van der Waals surface area contributed by atoms with E-state index in [1.807, 2.05) is 43.9 Å². The van der Waals surface area contributed by atoms with Crippen LogP contribution in [-0.4, -0.2) is 41.4 Å². The SMILES string of the molecule is Cc1cccc(COc2cccc(S(=O)(=O)c3ccnc(N4CC(C)CC4(C)C)c3C(N)=O)n2)n1. The number of ether oxygens (including phenoxy) is 1. The van der Waals surface area contributed by atoms with Crippen LogP contribution in [0.5, 0.6) is 5.88 Å². The summed E-state index contributed by atoms with van der Waals surface area (Å²) in [4.78, 5) is 27.2. The second kappa shape index (κ2) is 9.26. The van der Waals surface area contributed by atoms with E-state index in [1.54, 1.807) is 6.07 Å². The molecule has 3 aromatic rings. The standard InChI is InChI=1S/C25H29N5O4S/c1-16-13-25(3,4)30(14-16)24-22(23(26)31)19(11-12-27-24)35(32,33)21-10-6-9-20(29-21)34-15-18-8-5-7-17(2)28-18/h5-12,16H,13-15H2,1-4H3,(H2,26,31). The Morgan fingerprint density at radius 3 is 2.57 bits per heavy atom. The van der Waals surface area contributed by atoms with E-state index in [2.05, 4.69) is 21.9 Å². The van der Waals surface area contributed by atoms with E-state index >= 15 is 0 Å². The van der Waals surface area contributed by atoms with Crippen molar-refractivity contribution >= 4 is 21.6 Å². The minimum atomic E-state index is -4.20. The van der Waals surface area contributed by atoms with Gasteiger partial charge in [-0.25, -0.2) is 18.4 Å². The predicted molar refractivity (Wildman–Crippen MR) is 131 cm³/mol. The normalized spacial score (nSPS) is 17.4. The van der Waals surface area contributed by atoms with E-state index in [-0.39, 0.29) is 39.3 Å². The van der Waals surface area contributed by atoms with Gasteiger partial charge in [0.15, 0.2) is 5.03 Å². The maximum absolute atomic E-state index is 13.6. The van der Waals surface area contributed by atoms with Crippen LogP contribution in [0, 0.1) is 12.8 Å². The maximum atomic E-state index is 13.6. The topological polar surface area (TPSA) is 128 Å². The monoisotopic (exact) mass is 495 g/mol. The maximum Gasteiger partial charge on any atom is 0.253 e. The number of aryl methyl sites for hydroxylation is 1. The molecule has 35 heavy (non-hydrogen) atoms. The summed E-state index contributed by atoms with van der Waals surface area (Å²) < 4.78 is 33.0. The van der Waals surface area contributed by atoms with Crippen molar-refractivity contribution in [3.63, 3.8) is 0 Å². The summed E-state index contributed by atoms with van der Waals surface area (Å²) in [6.45, 7) is 8.82. The van der Waals surface area contributed by atoms with Crippen molar-refractivity contribution in [3.8, 4) is 5.88 Å². The number of nitrogens with two attached hydrogens (primary N) is 1. The minimum absolute atomic E-state index is 0.124. The van der Waals surface area contributed by atoms with Gasteiger partial charge in [0.25, 0.3) is 5.91 Å². The van der Waals surface area contributed by atoms with E-state index in [1.165, 1.54) is 24.4 Å². The Hall–Kier alpha value is -3.53. The van der Waals surface area contributed by atoms with Crippen molar-refractivity contribution in [1.82, 2.24) is 15.0 Å². The van der Waals surface area contributed by atoms with Crippen molar-refractivity contribution in [2.24, 2.45) is 11.7 Å². The number of aromatic nitrogens is 3. The molecular weight excluding hydrogens is 466 g/mol. The lowest BCUT2D eigenvalue weighted by Gasteiger charge is -2.33. The highest BCUT2D eigenvalue weighted by Crippen LogP contribution is 2.39. The predicted octanol–water partition coefficient (Wildman–Crippen LogP) is 3.32. The van der Waals surface area contributed by atoms with Crippen LogP contribution < -0.4 is 15.4 Å². The first-order valence-corrected chi connectivity index (χ1v) is 12.8. The Bertz CT molecular complexity index is 1370. The van der Waals surface area contributed by atoms with E-state index < -0.39 is 15.7 Å². The molecule has 10 heteroatoms. The Morgan fingerprint density at radius 2 is 1.91 bits per heavy atom. The summed E-state index contributed by atoms with van der Waals surface area (Å²) in [6, 6.07) is 11.3. The van der Waals surface area contributed by atoms with Gasteiger partial charge in [-0.2, -0.15) is 0 Å². The van der Waals surface area contributed by atoms with Gasteiger partial charge < -0.3 is 15.4 Å². The molecule has 1 amide bonds. The number of nitrogens with zero attached hydrogens (tertiary/aromatic N) is 4. The molecule has 0 spiro atoms. The summed E-state index contributed by atoms with van der Waals surface area (Å²) in [5.41, 5.74) is 6.81. The van der Waals surface area contributed by atoms with Gasteiger partial charge in [0.1, 0.15) is 18.0 Å². The molecule has 184 valence electrons. The molecule has 3 aromatic heterocycles. The smallest absolute Gasteiger partial charge is 0.253 e. The van der Waals surface area contributed by atoms with Crippen LogP contribution in [0.25, 0.3) is 0 Å². The summed E-state index contributed by atoms with van der Waals surface area (Å²) in [5, 5.41) is -0.249. The van der Waals surface area contributed by atoms with Gasteiger partial charge in [-0.05, 0) is 57.4 Å². The molecule has 1 unspecified atom stereocenters. The third-order valence-corrected chi connectivity index (χ3v) is 7.74. The molecule has 1 aliphatic heterocycles. The summed E-state index contributed by atoms with van der Waals surface area (Å²) >= 11 is 0. The number of primary amides is 1. The fourth-order valence-corrected chi connectivity index (χ4v) is 6.01. The number of carbonyl (C=O) groups excluding carboxylic acids is 1. The number of hydrogen-bond acceptors (Lipinski definition) is 8. The summed E-state index contributed by atoms with van der Waals surface area (Å²) in [7, 11) is -4.20. The second-order valence-electron chi connectivity index (χ2n) is 9.48. The molecule has 0 bridgehead atoms. The fourth-order valence-electron chi connectivity index (χ4n) is 4.62. The zero-order chi connectivity index (χ0) is 25.4. The number of sulfone groups is 1. The lowest BCUT2D eigenvalue weighted by molar-refractivity contribution is 0.0997. The number of pyridine rings is 3. The van der Waals surface area contributed by atoms with E-state index in [4.69, 9.17) is 10.5 Å².